The van der Waals surface area contributed by atoms with Crippen molar-refractivity contribution in [1.82, 2.24) is 20.1 Å². The molecule has 0 saturated carbocycles. The van der Waals surface area contributed by atoms with Crippen molar-refractivity contribution in [2.24, 2.45) is 0 Å². The highest BCUT2D eigenvalue weighted by atomic mass is 32.1. The minimum absolute atomic E-state index is 0.169. The van der Waals surface area contributed by atoms with Crippen molar-refractivity contribution in [2.75, 3.05) is 18.0 Å². The van der Waals surface area contributed by atoms with Gasteiger partial charge in [0, 0.05) is 19.3 Å². The fraction of sp³-hybridized carbons (Fsp3) is 0.353. The molecule has 0 unspecified atom stereocenters. The molecule has 1 aliphatic heterocycles. The number of aryl methyl sites for hydroxylation is 1. The Morgan fingerprint density at radius 1 is 1.24 bits per heavy atom. The van der Waals surface area contributed by atoms with Crippen LogP contribution in [0.15, 0.2) is 34.9 Å². The predicted octanol–water partition coefficient (Wildman–Crippen LogP) is 2.76. The molecular weight excluding hydrogens is 338 g/mol. The molecule has 1 saturated heterocycles. The van der Waals surface area contributed by atoms with Crippen LogP contribution < -0.4 is 10.2 Å². The third-order valence-electron chi connectivity index (χ3n) is 4.19. The van der Waals surface area contributed by atoms with E-state index in [4.69, 9.17) is 4.42 Å². The number of aromatic nitrogens is 3. The Morgan fingerprint density at radius 3 is 2.80 bits per heavy atom. The van der Waals surface area contributed by atoms with Gasteiger partial charge in [0.2, 0.25) is 10.3 Å². The van der Waals surface area contributed by atoms with Crippen molar-refractivity contribution in [3.63, 3.8) is 0 Å². The van der Waals surface area contributed by atoms with Gasteiger partial charge in [0.05, 0.1) is 6.54 Å². The van der Waals surface area contributed by atoms with Gasteiger partial charge in [0.1, 0.15) is 17.2 Å². The lowest BCUT2D eigenvalue weighted by Gasteiger charge is -2.11. The Bertz CT molecular complexity index is 875. The maximum atomic E-state index is 12.5. The van der Waals surface area contributed by atoms with Crippen molar-refractivity contribution in [1.29, 1.82) is 0 Å². The first-order valence-electron chi connectivity index (χ1n) is 8.30. The quantitative estimate of drug-likeness (QED) is 0.760. The number of anilines is 1. The zero-order valence-corrected chi connectivity index (χ0v) is 14.8. The Labute approximate surface area is 149 Å². The molecule has 25 heavy (non-hydrogen) atoms. The third kappa shape index (κ3) is 3.30. The first kappa shape index (κ1) is 15.9. The van der Waals surface area contributed by atoms with Gasteiger partial charge in [-0.15, -0.1) is 10.2 Å². The minimum Gasteiger partial charge on any atom is -0.465 e. The lowest BCUT2D eigenvalue weighted by molar-refractivity contribution is 0.0941. The van der Waals surface area contributed by atoms with E-state index in [1.54, 1.807) is 10.6 Å². The fourth-order valence-corrected chi connectivity index (χ4v) is 3.81. The molecule has 3 aromatic rings. The van der Waals surface area contributed by atoms with E-state index in [-0.39, 0.29) is 5.91 Å². The molecule has 8 heteroatoms. The largest absolute Gasteiger partial charge is 0.465 e. The Kier molecular flexibility index (Phi) is 4.27. The lowest BCUT2D eigenvalue weighted by Crippen LogP contribution is -2.24. The van der Waals surface area contributed by atoms with E-state index in [9.17, 15) is 4.79 Å². The first-order valence-corrected chi connectivity index (χ1v) is 9.12. The van der Waals surface area contributed by atoms with Crippen molar-refractivity contribution in [3.8, 4) is 5.13 Å². The van der Waals surface area contributed by atoms with Crippen LogP contribution >= 0.6 is 11.3 Å². The smallest absolute Gasteiger partial charge is 0.268 e. The summed E-state index contributed by atoms with van der Waals surface area (Å²) in [5, 5.41) is 13.0. The second kappa shape index (κ2) is 6.72. The highest BCUT2D eigenvalue weighted by Crippen LogP contribution is 2.27. The number of nitrogens with one attached hydrogen (secondary N) is 1. The summed E-state index contributed by atoms with van der Waals surface area (Å²) in [6, 6.07) is 7.36. The normalized spacial score (nSPS) is 14.2. The molecule has 1 amide bonds. The van der Waals surface area contributed by atoms with Gasteiger partial charge in [-0.05, 0) is 44.0 Å². The maximum Gasteiger partial charge on any atom is 0.268 e. The molecule has 0 atom stereocenters. The Morgan fingerprint density at radius 2 is 2.04 bits per heavy atom. The monoisotopic (exact) mass is 357 g/mol. The molecule has 1 N–H and O–H groups in total. The SMILES string of the molecule is Cc1ccc(CNC(=O)c2cccn2-c2nnc(N3CCCC3)s2)o1. The van der Waals surface area contributed by atoms with Gasteiger partial charge < -0.3 is 14.6 Å². The van der Waals surface area contributed by atoms with Crippen LogP contribution in [0, 0.1) is 6.92 Å². The summed E-state index contributed by atoms with van der Waals surface area (Å²) in [5.74, 6) is 1.39. The number of carbonyl (C=O) groups excluding carboxylic acids is 1. The summed E-state index contributed by atoms with van der Waals surface area (Å²) in [6.45, 7) is 4.28. The number of amides is 1. The molecule has 1 fully saturated rings. The van der Waals surface area contributed by atoms with Gasteiger partial charge in [-0.1, -0.05) is 11.3 Å². The van der Waals surface area contributed by atoms with E-state index >= 15 is 0 Å². The van der Waals surface area contributed by atoms with E-state index < -0.39 is 0 Å². The van der Waals surface area contributed by atoms with Crippen molar-refractivity contribution in [3.05, 3.63) is 47.7 Å². The number of rotatable bonds is 5. The van der Waals surface area contributed by atoms with Crippen LogP contribution in [-0.2, 0) is 6.54 Å². The minimum atomic E-state index is -0.169. The standard InChI is InChI=1S/C17H19N5O2S/c1-12-6-7-13(24-12)11-18-15(23)14-5-4-10-22(14)17-20-19-16(25-17)21-8-2-3-9-21/h4-7,10H,2-3,8-9,11H2,1H3,(H,18,23). The van der Waals surface area contributed by atoms with Crippen molar-refractivity contribution < 1.29 is 9.21 Å². The van der Waals surface area contributed by atoms with Gasteiger partial charge in [0.15, 0.2) is 0 Å². The average Bonchev–Trinajstić information content (AvgIpc) is 3.38. The van der Waals surface area contributed by atoms with Crippen molar-refractivity contribution in [2.45, 2.75) is 26.3 Å². The van der Waals surface area contributed by atoms with Crippen LogP contribution in [0.4, 0.5) is 5.13 Å². The van der Waals surface area contributed by atoms with Gasteiger partial charge >= 0.3 is 0 Å². The number of carbonyl (C=O) groups is 1. The van der Waals surface area contributed by atoms with Crippen LogP contribution in [-0.4, -0.2) is 33.8 Å². The van der Waals surface area contributed by atoms with E-state index in [2.05, 4.69) is 20.4 Å². The topological polar surface area (TPSA) is 76.2 Å². The Balaban J connectivity index is 1.49. The van der Waals surface area contributed by atoms with Crippen molar-refractivity contribution >= 4 is 22.4 Å². The first-order chi connectivity index (χ1) is 12.2. The summed E-state index contributed by atoms with van der Waals surface area (Å²) < 4.78 is 7.26. The van der Waals surface area contributed by atoms with Crippen LogP contribution in [0.5, 0.6) is 0 Å². The number of hydrogen-bond acceptors (Lipinski definition) is 6. The number of furan rings is 1. The van der Waals surface area contributed by atoms with E-state index in [1.807, 2.05) is 31.3 Å². The molecule has 4 heterocycles. The van der Waals surface area contributed by atoms with Crippen LogP contribution in [0.2, 0.25) is 0 Å². The summed E-state index contributed by atoms with van der Waals surface area (Å²) >= 11 is 1.51. The van der Waals surface area contributed by atoms with Gasteiger partial charge in [0.25, 0.3) is 5.91 Å². The van der Waals surface area contributed by atoms with Crippen LogP contribution in [0.3, 0.4) is 0 Å². The zero-order valence-electron chi connectivity index (χ0n) is 13.9. The summed E-state index contributed by atoms with van der Waals surface area (Å²) in [6.07, 6.45) is 4.22. The van der Waals surface area contributed by atoms with Gasteiger partial charge in [-0.25, -0.2) is 0 Å². The van der Waals surface area contributed by atoms with Gasteiger partial charge in [-0.3, -0.25) is 9.36 Å². The summed E-state index contributed by atoms with van der Waals surface area (Å²) in [7, 11) is 0. The van der Waals surface area contributed by atoms with E-state index in [0.29, 0.717) is 17.4 Å². The van der Waals surface area contributed by atoms with E-state index in [0.717, 1.165) is 29.7 Å². The molecule has 0 bridgehead atoms. The summed E-state index contributed by atoms with van der Waals surface area (Å²) in [4.78, 5) is 14.8. The predicted molar refractivity (Wildman–Crippen MR) is 95.3 cm³/mol. The summed E-state index contributed by atoms with van der Waals surface area (Å²) in [5.41, 5.74) is 0.535. The Hall–Kier alpha value is -2.61. The van der Waals surface area contributed by atoms with Gasteiger partial charge in [-0.2, -0.15) is 0 Å². The molecule has 7 nitrogen and oxygen atoms in total. The molecule has 1 aliphatic rings. The second-order valence-corrected chi connectivity index (χ2v) is 6.95. The molecule has 0 radical (unpaired) electrons. The molecule has 0 aromatic carbocycles. The highest BCUT2D eigenvalue weighted by molar-refractivity contribution is 7.17. The van der Waals surface area contributed by atoms with Crippen LogP contribution in [0.1, 0.15) is 34.9 Å². The molecule has 0 spiro atoms. The molecule has 0 aliphatic carbocycles. The molecule has 4 rings (SSSR count). The van der Waals surface area contributed by atoms with E-state index in [1.165, 1.54) is 24.2 Å². The lowest BCUT2D eigenvalue weighted by atomic mass is 10.3. The molecule has 130 valence electrons. The number of hydrogen-bond donors (Lipinski definition) is 1. The molecule has 3 aromatic heterocycles. The zero-order chi connectivity index (χ0) is 17.2. The molecular formula is C17H19N5O2S. The second-order valence-electron chi connectivity index (χ2n) is 6.02. The maximum absolute atomic E-state index is 12.5. The number of nitrogens with zero attached hydrogens (tertiary/aromatic N) is 4. The highest BCUT2D eigenvalue weighted by Gasteiger charge is 2.19. The fourth-order valence-electron chi connectivity index (χ4n) is 2.91. The average molecular weight is 357 g/mol. The third-order valence-corrected chi connectivity index (χ3v) is 5.17. The van der Waals surface area contributed by atoms with Crippen LogP contribution in [0.25, 0.3) is 5.13 Å².